The number of para-hydroxylation sites is 1. The summed E-state index contributed by atoms with van der Waals surface area (Å²) in [6.45, 7) is 4.08. The van der Waals surface area contributed by atoms with Gasteiger partial charge in [-0.25, -0.2) is 4.98 Å². The second kappa shape index (κ2) is 7.16. The molecule has 0 saturated carbocycles. The Morgan fingerprint density at radius 3 is 3.08 bits per heavy atom. The molecular formula is C18H21N5O2. The van der Waals surface area contributed by atoms with E-state index >= 15 is 0 Å². The van der Waals surface area contributed by atoms with E-state index in [-0.39, 0.29) is 11.7 Å². The van der Waals surface area contributed by atoms with Gasteiger partial charge < -0.3 is 9.72 Å². The van der Waals surface area contributed by atoms with Crippen LogP contribution in [0, 0.1) is 0 Å². The summed E-state index contributed by atoms with van der Waals surface area (Å²) in [6.07, 6.45) is 4.58. The Labute approximate surface area is 145 Å². The second-order valence-corrected chi connectivity index (χ2v) is 6.30. The van der Waals surface area contributed by atoms with Crippen LogP contribution < -0.4 is 5.56 Å². The van der Waals surface area contributed by atoms with Crippen molar-refractivity contribution in [1.82, 2.24) is 24.6 Å². The molecule has 1 atom stereocenters. The number of morpholine rings is 1. The van der Waals surface area contributed by atoms with Gasteiger partial charge in [0.25, 0.3) is 5.56 Å². The van der Waals surface area contributed by atoms with Gasteiger partial charge in [-0.2, -0.15) is 5.10 Å². The number of aromatic nitrogens is 4. The maximum absolute atomic E-state index is 12.1. The van der Waals surface area contributed by atoms with Crippen LogP contribution in [0.25, 0.3) is 10.9 Å². The number of nitrogens with zero attached hydrogens (tertiary/aromatic N) is 4. The van der Waals surface area contributed by atoms with Crippen molar-refractivity contribution in [2.45, 2.75) is 19.1 Å². The van der Waals surface area contributed by atoms with Crippen LogP contribution in [0.2, 0.25) is 0 Å². The molecular weight excluding hydrogens is 318 g/mol. The molecule has 130 valence electrons. The lowest BCUT2D eigenvalue weighted by atomic mass is 10.2. The number of ether oxygens (including phenoxy) is 1. The van der Waals surface area contributed by atoms with Gasteiger partial charge in [0.05, 0.1) is 30.2 Å². The van der Waals surface area contributed by atoms with E-state index in [1.54, 1.807) is 12.3 Å². The van der Waals surface area contributed by atoms with E-state index in [0.29, 0.717) is 18.4 Å². The molecule has 1 aliphatic rings. The number of hydrogen-bond donors (Lipinski definition) is 1. The Morgan fingerprint density at radius 1 is 1.28 bits per heavy atom. The van der Waals surface area contributed by atoms with Gasteiger partial charge in [0.1, 0.15) is 5.82 Å². The SMILES string of the molecule is O=c1[nH]c(CCN2CCOC(Cn3cccn3)C2)nc2ccccc12. The predicted molar refractivity (Wildman–Crippen MR) is 94.5 cm³/mol. The normalized spacial score (nSPS) is 18.6. The summed E-state index contributed by atoms with van der Waals surface area (Å²) in [5.41, 5.74) is 0.680. The molecule has 7 nitrogen and oxygen atoms in total. The molecule has 25 heavy (non-hydrogen) atoms. The van der Waals surface area contributed by atoms with Crippen LogP contribution in [0.4, 0.5) is 0 Å². The first-order valence-electron chi connectivity index (χ1n) is 8.57. The lowest BCUT2D eigenvalue weighted by Gasteiger charge is -2.32. The number of H-pyrrole nitrogens is 1. The minimum Gasteiger partial charge on any atom is -0.374 e. The number of aromatic amines is 1. The molecule has 0 spiro atoms. The Balaban J connectivity index is 1.38. The third-order valence-electron chi connectivity index (χ3n) is 4.50. The van der Waals surface area contributed by atoms with E-state index in [4.69, 9.17) is 4.74 Å². The molecule has 0 radical (unpaired) electrons. The Kier molecular flexibility index (Phi) is 4.58. The van der Waals surface area contributed by atoms with Crippen molar-refractivity contribution in [3.05, 3.63) is 58.9 Å². The van der Waals surface area contributed by atoms with Gasteiger partial charge in [0, 0.05) is 38.4 Å². The van der Waals surface area contributed by atoms with Gasteiger partial charge in [-0.05, 0) is 18.2 Å². The van der Waals surface area contributed by atoms with E-state index in [1.165, 1.54) is 0 Å². The Hall–Kier alpha value is -2.51. The number of nitrogens with one attached hydrogen (secondary N) is 1. The van der Waals surface area contributed by atoms with E-state index in [2.05, 4.69) is 20.0 Å². The minimum absolute atomic E-state index is 0.0702. The predicted octanol–water partition coefficient (Wildman–Crippen LogP) is 1.06. The van der Waals surface area contributed by atoms with Crippen molar-refractivity contribution in [2.75, 3.05) is 26.2 Å². The molecule has 4 rings (SSSR count). The lowest BCUT2D eigenvalue weighted by molar-refractivity contribution is -0.0372. The summed E-state index contributed by atoms with van der Waals surface area (Å²) in [5.74, 6) is 0.735. The van der Waals surface area contributed by atoms with Crippen molar-refractivity contribution in [3.8, 4) is 0 Å². The molecule has 1 saturated heterocycles. The summed E-state index contributed by atoms with van der Waals surface area (Å²) >= 11 is 0. The van der Waals surface area contributed by atoms with E-state index in [0.717, 1.165) is 37.5 Å². The molecule has 1 N–H and O–H groups in total. The molecule has 2 aromatic heterocycles. The van der Waals surface area contributed by atoms with Crippen LogP contribution in [-0.4, -0.2) is 57.0 Å². The van der Waals surface area contributed by atoms with E-state index in [9.17, 15) is 4.79 Å². The van der Waals surface area contributed by atoms with Crippen LogP contribution in [0.5, 0.6) is 0 Å². The van der Waals surface area contributed by atoms with Gasteiger partial charge in [0.2, 0.25) is 0 Å². The fourth-order valence-corrected chi connectivity index (χ4v) is 3.23. The molecule has 0 aliphatic carbocycles. The van der Waals surface area contributed by atoms with Crippen LogP contribution >= 0.6 is 0 Å². The molecule has 1 unspecified atom stereocenters. The highest BCUT2D eigenvalue weighted by Crippen LogP contribution is 2.09. The van der Waals surface area contributed by atoms with Gasteiger partial charge in [-0.1, -0.05) is 12.1 Å². The van der Waals surface area contributed by atoms with Gasteiger partial charge in [-0.3, -0.25) is 14.4 Å². The highest BCUT2D eigenvalue weighted by molar-refractivity contribution is 5.77. The number of rotatable bonds is 5. The smallest absolute Gasteiger partial charge is 0.258 e. The van der Waals surface area contributed by atoms with Crippen LogP contribution in [0.3, 0.4) is 0 Å². The first kappa shape index (κ1) is 16.0. The lowest BCUT2D eigenvalue weighted by Crippen LogP contribution is -2.45. The largest absolute Gasteiger partial charge is 0.374 e. The minimum atomic E-state index is -0.0702. The maximum atomic E-state index is 12.1. The maximum Gasteiger partial charge on any atom is 0.258 e. The Morgan fingerprint density at radius 2 is 2.20 bits per heavy atom. The Bertz CT molecular complexity index is 890. The second-order valence-electron chi connectivity index (χ2n) is 6.30. The van der Waals surface area contributed by atoms with Crippen LogP contribution in [0.1, 0.15) is 5.82 Å². The fraction of sp³-hybridized carbons (Fsp3) is 0.389. The number of benzene rings is 1. The first-order chi connectivity index (χ1) is 12.3. The molecule has 3 heterocycles. The standard InChI is InChI=1S/C18H21N5O2/c24-18-15-4-1-2-5-16(15)20-17(21-18)6-9-22-10-11-25-14(12-22)13-23-8-3-7-19-23/h1-5,7-8,14H,6,9-13H2,(H,20,21,24). The zero-order valence-electron chi connectivity index (χ0n) is 14.0. The number of hydrogen-bond acceptors (Lipinski definition) is 5. The van der Waals surface area contributed by atoms with Gasteiger partial charge in [0.15, 0.2) is 0 Å². The molecule has 0 bridgehead atoms. The molecule has 3 aromatic rings. The fourth-order valence-electron chi connectivity index (χ4n) is 3.23. The van der Waals surface area contributed by atoms with Crippen LogP contribution in [0.15, 0.2) is 47.5 Å². The van der Waals surface area contributed by atoms with Crippen molar-refractivity contribution < 1.29 is 4.74 Å². The monoisotopic (exact) mass is 339 g/mol. The average Bonchev–Trinajstić information content (AvgIpc) is 3.13. The van der Waals surface area contributed by atoms with Crippen molar-refractivity contribution >= 4 is 10.9 Å². The summed E-state index contributed by atoms with van der Waals surface area (Å²) in [4.78, 5) is 22.0. The van der Waals surface area contributed by atoms with Gasteiger partial charge in [-0.15, -0.1) is 0 Å². The van der Waals surface area contributed by atoms with E-state index < -0.39 is 0 Å². The molecule has 1 fully saturated rings. The highest BCUT2D eigenvalue weighted by atomic mass is 16.5. The van der Waals surface area contributed by atoms with Crippen molar-refractivity contribution in [2.24, 2.45) is 0 Å². The van der Waals surface area contributed by atoms with Gasteiger partial charge >= 0.3 is 0 Å². The quantitative estimate of drug-likeness (QED) is 0.752. The summed E-state index contributed by atoms with van der Waals surface area (Å²) in [7, 11) is 0. The number of fused-ring (bicyclic) bond motifs is 1. The molecule has 1 aliphatic heterocycles. The first-order valence-corrected chi connectivity index (χ1v) is 8.57. The van der Waals surface area contributed by atoms with Crippen molar-refractivity contribution in [1.29, 1.82) is 0 Å². The molecule has 0 amide bonds. The zero-order valence-corrected chi connectivity index (χ0v) is 14.0. The zero-order chi connectivity index (χ0) is 17.1. The molecule has 7 heteroatoms. The topological polar surface area (TPSA) is 76.0 Å². The van der Waals surface area contributed by atoms with Crippen molar-refractivity contribution in [3.63, 3.8) is 0 Å². The average molecular weight is 339 g/mol. The van der Waals surface area contributed by atoms with Crippen LogP contribution in [-0.2, 0) is 17.7 Å². The third kappa shape index (κ3) is 3.78. The third-order valence-corrected chi connectivity index (χ3v) is 4.50. The summed E-state index contributed by atoms with van der Waals surface area (Å²) in [6, 6.07) is 9.35. The molecule has 1 aromatic carbocycles. The van der Waals surface area contributed by atoms with E-state index in [1.807, 2.05) is 35.1 Å². The summed E-state index contributed by atoms with van der Waals surface area (Å²) < 4.78 is 7.73. The summed E-state index contributed by atoms with van der Waals surface area (Å²) in [5, 5.41) is 4.87. The highest BCUT2D eigenvalue weighted by Gasteiger charge is 2.21.